The monoisotopic (exact) mass is 346 g/mol. The number of aromatic nitrogens is 1. The van der Waals surface area contributed by atoms with Crippen LogP contribution >= 0.6 is 0 Å². The normalized spacial score (nSPS) is 14.8. The van der Waals surface area contributed by atoms with Crippen molar-refractivity contribution >= 4 is 5.91 Å². The van der Waals surface area contributed by atoms with Crippen LogP contribution in [0.2, 0.25) is 0 Å². The molecule has 4 nitrogen and oxygen atoms in total. The van der Waals surface area contributed by atoms with Gasteiger partial charge in [0.1, 0.15) is 6.26 Å². The van der Waals surface area contributed by atoms with E-state index in [0.29, 0.717) is 17.5 Å². The van der Waals surface area contributed by atoms with Crippen molar-refractivity contribution in [1.29, 1.82) is 0 Å². The number of aryl methyl sites for hydroxylation is 1. The molecular formula is C22H22N2O2. The number of amides is 1. The molecule has 1 amide bonds. The molecule has 1 aliphatic rings. The van der Waals surface area contributed by atoms with Crippen LogP contribution in [0.15, 0.2) is 65.3 Å². The standard InChI is InChI=1S/C22H22N2O2/c1-15-7-9-16(10-8-15)21(17-11-12-17)24-20(25)13-19-14-26-22(23-19)18-5-3-2-4-6-18/h2-10,14,17,21H,11-13H2,1H3,(H,24,25). The molecule has 3 aromatic rings. The molecule has 26 heavy (non-hydrogen) atoms. The number of rotatable bonds is 6. The maximum Gasteiger partial charge on any atom is 0.226 e. The van der Waals surface area contributed by atoms with E-state index in [-0.39, 0.29) is 18.4 Å². The Morgan fingerprint density at radius 2 is 1.88 bits per heavy atom. The molecule has 0 spiro atoms. The Kier molecular flexibility index (Phi) is 4.57. The van der Waals surface area contributed by atoms with Crippen molar-refractivity contribution in [2.45, 2.75) is 32.2 Å². The predicted octanol–water partition coefficient (Wildman–Crippen LogP) is 4.46. The first kappa shape index (κ1) is 16.6. The van der Waals surface area contributed by atoms with Crippen molar-refractivity contribution < 1.29 is 9.21 Å². The molecule has 4 heteroatoms. The maximum absolute atomic E-state index is 12.5. The number of carbonyl (C=O) groups is 1. The van der Waals surface area contributed by atoms with Crippen LogP contribution in [0.5, 0.6) is 0 Å². The summed E-state index contributed by atoms with van der Waals surface area (Å²) in [7, 11) is 0. The van der Waals surface area contributed by atoms with Gasteiger partial charge in [0, 0.05) is 5.56 Å². The third kappa shape index (κ3) is 3.85. The number of hydrogen-bond acceptors (Lipinski definition) is 3. The van der Waals surface area contributed by atoms with E-state index in [1.165, 1.54) is 24.0 Å². The molecule has 1 aromatic heterocycles. The number of nitrogens with one attached hydrogen (secondary N) is 1. The molecule has 1 atom stereocenters. The third-order valence-corrected chi connectivity index (χ3v) is 4.76. The molecule has 1 saturated carbocycles. The van der Waals surface area contributed by atoms with Crippen LogP contribution in [-0.4, -0.2) is 10.9 Å². The molecule has 1 aliphatic carbocycles. The summed E-state index contributed by atoms with van der Waals surface area (Å²) >= 11 is 0. The van der Waals surface area contributed by atoms with Gasteiger partial charge in [0.2, 0.25) is 11.8 Å². The zero-order chi connectivity index (χ0) is 17.9. The summed E-state index contributed by atoms with van der Waals surface area (Å²) in [6.07, 6.45) is 4.13. The zero-order valence-electron chi connectivity index (χ0n) is 14.8. The fourth-order valence-electron chi connectivity index (χ4n) is 3.17. The average Bonchev–Trinajstić information content (AvgIpc) is 3.40. The first-order valence-electron chi connectivity index (χ1n) is 9.05. The average molecular weight is 346 g/mol. The number of hydrogen-bond donors (Lipinski definition) is 1. The van der Waals surface area contributed by atoms with E-state index in [4.69, 9.17) is 4.42 Å². The molecule has 0 bridgehead atoms. The van der Waals surface area contributed by atoms with Crippen molar-refractivity contribution in [3.63, 3.8) is 0 Å². The van der Waals surface area contributed by atoms with Gasteiger partial charge in [-0.2, -0.15) is 0 Å². The first-order chi connectivity index (χ1) is 12.7. The van der Waals surface area contributed by atoms with Crippen molar-refractivity contribution in [2.75, 3.05) is 0 Å². The van der Waals surface area contributed by atoms with E-state index < -0.39 is 0 Å². The lowest BCUT2D eigenvalue weighted by Gasteiger charge is -2.18. The van der Waals surface area contributed by atoms with E-state index >= 15 is 0 Å². The fraction of sp³-hybridized carbons (Fsp3) is 0.273. The summed E-state index contributed by atoms with van der Waals surface area (Å²) < 4.78 is 5.52. The van der Waals surface area contributed by atoms with Crippen molar-refractivity contribution in [2.24, 2.45) is 5.92 Å². The minimum absolute atomic E-state index is 0.0182. The molecule has 0 radical (unpaired) electrons. The minimum Gasteiger partial charge on any atom is -0.444 e. The smallest absolute Gasteiger partial charge is 0.226 e. The Morgan fingerprint density at radius 1 is 1.15 bits per heavy atom. The summed E-state index contributed by atoms with van der Waals surface area (Å²) in [5, 5.41) is 3.19. The molecular weight excluding hydrogens is 324 g/mol. The number of oxazole rings is 1. The van der Waals surface area contributed by atoms with E-state index in [0.717, 1.165) is 5.56 Å². The van der Waals surface area contributed by atoms with Gasteiger partial charge < -0.3 is 9.73 Å². The lowest BCUT2D eigenvalue weighted by Crippen LogP contribution is -2.31. The molecule has 2 aromatic carbocycles. The predicted molar refractivity (Wildman–Crippen MR) is 100 cm³/mol. The highest BCUT2D eigenvalue weighted by Crippen LogP contribution is 2.41. The van der Waals surface area contributed by atoms with Crippen LogP contribution < -0.4 is 5.32 Å². The summed E-state index contributed by atoms with van der Waals surface area (Å²) in [5.41, 5.74) is 3.97. The topological polar surface area (TPSA) is 55.1 Å². The lowest BCUT2D eigenvalue weighted by molar-refractivity contribution is -0.121. The zero-order valence-corrected chi connectivity index (χ0v) is 14.8. The molecule has 0 saturated heterocycles. The first-order valence-corrected chi connectivity index (χ1v) is 9.05. The second kappa shape index (κ2) is 7.16. The Morgan fingerprint density at radius 3 is 2.58 bits per heavy atom. The summed E-state index contributed by atoms with van der Waals surface area (Å²) in [4.78, 5) is 17.0. The maximum atomic E-state index is 12.5. The molecule has 1 unspecified atom stereocenters. The van der Waals surface area contributed by atoms with Crippen LogP contribution in [0.25, 0.3) is 11.5 Å². The highest BCUT2D eigenvalue weighted by atomic mass is 16.3. The second-order valence-electron chi connectivity index (χ2n) is 6.98. The number of nitrogens with zero attached hydrogens (tertiary/aromatic N) is 1. The quantitative estimate of drug-likeness (QED) is 0.717. The molecule has 1 heterocycles. The SMILES string of the molecule is Cc1ccc(C(NC(=O)Cc2coc(-c3ccccc3)n2)C2CC2)cc1. The van der Waals surface area contributed by atoms with Crippen LogP contribution in [0.4, 0.5) is 0 Å². The van der Waals surface area contributed by atoms with E-state index in [2.05, 4.69) is 41.5 Å². The highest BCUT2D eigenvalue weighted by molar-refractivity contribution is 5.78. The van der Waals surface area contributed by atoms with Crippen LogP contribution in [0, 0.1) is 12.8 Å². The Bertz CT molecular complexity index is 880. The van der Waals surface area contributed by atoms with Gasteiger partial charge in [-0.25, -0.2) is 4.98 Å². The van der Waals surface area contributed by atoms with E-state index in [1.54, 1.807) is 6.26 Å². The molecule has 4 rings (SSSR count). The lowest BCUT2D eigenvalue weighted by atomic mass is 10.0. The van der Waals surface area contributed by atoms with Gasteiger partial charge in [-0.05, 0) is 43.4 Å². The summed E-state index contributed by atoms with van der Waals surface area (Å²) in [6, 6.07) is 18.2. The molecule has 0 aliphatic heterocycles. The van der Waals surface area contributed by atoms with Crippen molar-refractivity contribution in [3.05, 3.63) is 77.7 Å². The van der Waals surface area contributed by atoms with Gasteiger partial charge in [0.25, 0.3) is 0 Å². The third-order valence-electron chi connectivity index (χ3n) is 4.76. The van der Waals surface area contributed by atoms with Crippen LogP contribution in [0.1, 0.15) is 35.7 Å². The molecule has 1 fully saturated rings. The Balaban J connectivity index is 1.43. The summed E-state index contributed by atoms with van der Waals surface area (Å²) in [5.74, 6) is 1.07. The summed E-state index contributed by atoms with van der Waals surface area (Å²) in [6.45, 7) is 2.07. The van der Waals surface area contributed by atoms with E-state index in [9.17, 15) is 4.79 Å². The highest BCUT2D eigenvalue weighted by Gasteiger charge is 2.33. The van der Waals surface area contributed by atoms with Gasteiger partial charge in [0.15, 0.2) is 0 Å². The van der Waals surface area contributed by atoms with Crippen LogP contribution in [0.3, 0.4) is 0 Å². The van der Waals surface area contributed by atoms with Crippen molar-refractivity contribution in [1.82, 2.24) is 10.3 Å². The van der Waals surface area contributed by atoms with E-state index in [1.807, 2.05) is 30.3 Å². The molecule has 132 valence electrons. The number of carbonyl (C=O) groups excluding carboxylic acids is 1. The fourth-order valence-corrected chi connectivity index (χ4v) is 3.17. The largest absolute Gasteiger partial charge is 0.444 e. The second-order valence-corrected chi connectivity index (χ2v) is 6.98. The Hall–Kier alpha value is -2.88. The minimum atomic E-state index is -0.0182. The van der Waals surface area contributed by atoms with Gasteiger partial charge in [-0.3, -0.25) is 4.79 Å². The van der Waals surface area contributed by atoms with Crippen molar-refractivity contribution in [3.8, 4) is 11.5 Å². The van der Waals surface area contributed by atoms with Gasteiger partial charge in [-0.1, -0.05) is 48.0 Å². The Labute approximate surface area is 153 Å². The molecule has 1 N–H and O–H groups in total. The van der Waals surface area contributed by atoms with Gasteiger partial charge in [0.05, 0.1) is 18.2 Å². The number of benzene rings is 2. The van der Waals surface area contributed by atoms with Crippen LogP contribution in [-0.2, 0) is 11.2 Å². The van der Waals surface area contributed by atoms with Gasteiger partial charge >= 0.3 is 0 Å². The van der Waals surface area contributed by atoms with Gasteiger partial charge in [-0.15, -0.1) is 0 Å².